The van der Waals surface area contributed by atoms with Gasteiger partial charge in [-0.3, -0.25) is 0 Å². The molecule has 1 heterocycles. The molecule has 1 fully saturated rings. The van der Waals surface area contributed by atoms with Crippen molar-refractivity contribution in [2.45, 2.75) is 50.0 Å². The first kappa shape index (κ1) is 30.0. The summed E-state index contributed by atoms with van der Waals surface area (Å²) in [5, 5.41) is 62.9. The summed E-state index contributed by atoms with van der Waals surface area (Å²) in [4.78, 5) is 0. The molecular weight excluding hydrogens is 528 g/mol. The van der Waals surface area contributed by atoms with Crippen molar-refractivity contribution in [2.75, 3.05) is 41.7 Å². The van der Waals surface area contributed by atoms with E-state index in [1.807, 2.05) is 0 Å². The molecule has 1 aliphatic carbocycles. The highest BCUT2D eigenvalue weighted by atomic mass is 16.7. The van der Waals surface area contributed by atoms with Gasteiger partial charge in [0.05, 0.1) is 41.2 Å². The zero-order chi connectivity index (χ0) is 29.3. The summed E-state index contributed by atoms with van der Waals surface area (Å²) in [6.07, 6.45) is -5.93. The molecule has 12 heteroatoms. The first-order valence-electron chi connectivity index (χ1n) is 12.9. The SMILES string of the molecule is COc1cc([C@@H]2c3c(cc(OC)c(O)c3OC)C[C@@H](CO)[C@@H]2CO[C@@H]2O[C@@H](C)[C@H](O)[C@@H](O)[C@H]2O)cc(OC)c1O. The van der Waals surface area contributed by atoms with E-state index in [1.165, 1.54) is 28.4 Å². The van der Waals surface area contributed by atoms with Gasteiger partial charge in [-0.1, -0.05) is 0 Å². The van der Waals surface area contributed by atoms with Crippen LogP contribution in [-0.4, -0.2) is 103 Å². The molecule has 2 aliphatic rings. The van der Waals surface area contributed by atoms with Crippen molar-refractivity contribution in [3.8, 4) is 34.5 Å². The number of hydrogen-bond acceptors (Lipinski definition) is 12. The molecule has 1 aliphatic heterocycles. The third kappa shape index (κ3) is 5.22. The second-order valence-corrected chi connectivity index (χ2v) is 10.1. The van der Waals surface area contributed by atoms with Crippen LogP contribution in [0.3, 0.4) is 0 Å². The third-order valence-electron chi connectivity index (χ3n) is 7.95. The summed E-state index contributed by atoms with van der Waals surface area (Å²) in [5.74, 6) is -1.19. The molecule has 12 nitrogen and oxygen atoms in total. The Morgan fingerprint density at radius 3 is 1.98 bits per heavy atom. The number of hydrogen-bond donors (Lipinski definition) is 6. The van der Waals surface area contributed by atoms with Gasteiger partial charge in [0.15, 0.2) is 29.3 Å². The first-order valence-corrected chi connectivity index (χ1v) is 12.9. The highest BCUT2D eigenvalue weighted by molar-refractivity contribution is 5.64. The Kier molecular flexibility index (Phi) is 9.18. The molecule has 0 amide bonds. The van der Waals surface area contributed by atoms with E-state index in [0.717, 1.165) is 5.56 Å². The lowest BCUT2D eigenvalue weighted by molar-refractivity contribution is -0.296. The van der Waals surface area contributed by atoms with Crippen LogP contribution >= 0.6 is 0 Å². The highest BCUT2D eigenvalue weighted by Gasteiger charge is 2.45. The van der Waals surface area contributed by atoms with Crippen molar-refractivity contribution in [2.24, 2.45) is 11.8 Å². The van der Waals surface area contributed by atoms with Crippen LogP contribution in [0.15, 0.2) is 18.2 Å². The lowest BCUT2D eigenvalue weighted by Gasteiger charge is -2.43. The summed E-state index contributed by atoms with van der Waals surface area (Å²) in [6.45, 7) is 1.27. The van der Waals surface area contributed by atoms with E-state index in [0.29, 0.717) is 17.5 Å². The van der Waals surface area contributed by atoms with Crippen molar-refractivity contribution >= 4 is 0 Å². The van der Waals surface area contributed by atoms with Crippen LogP contribution in [0.25, 0.3) is 0 Å². The predicted molar refractivity (Wildman–Crippen MR) is 140 cm³/mol. The smallest absolute Gasteiger partial charge is 0.201 e. The molecule has 1 saturated heterocycles. The zero-order valence-corrected chi connectivity index (χ0v) is 23.1. The van der Waals surface area contributed by atoms with Crippen LogP contribution in [0.4, 0.5) is 0 Å². The number of aliphatic hydroxyl groups is 4. The average molecular weight is 567 g/mol. The number of phenolic OH excluding ortho intramolecular Hbond substituents is 2. The quantitative estimate of drug-likeness (QED) is 0.253. The number of fused-ring (bicyclic) bond motifs is 1. The van der Waals surface area contributed by atoms with Crippen LogP contribution < -0.4 is 18.9 Å². The van der Waals surface area contributed by atoms with Gasteiger partial charge in [-0.25, -0.2) is 0 Å². The van der Waals surface area contributed by atoms with E-state index < -0.39 is 42.5 Å². The standard InChI is InChI=1S/C28H38O12/c1-12-22(30)25(33)26(34)28(40-12)39-11-16-15(10-29)6-13-7-19(37-4)24(32)27(38-5)21(13)20(16)14-8-17(35-2)23(31)18(9-14)36-3/h7-9,12,15-16,20,22,25-26,28-34H,6,10-11H2,1-5H3/t12-,15-,16-,20-,22-,25+,26+,28+/m0/s1. The number of aromatic hydroxyl groups is 2. The molecule has 8 atom stereocenters. The molecule has 0 radical (unpaired) electrons. The number of ether oxygens (including phenoxy) is 6. The summed E-state index contributed by atoms with van der Waals surface area (Å²) in [6, 6.07) is 4.96. The van der Waals surface area contributed by atoms with Crippen LogP contribution in [-0.2, 0) is 15.9 Å². The van der Waals surface area contributed by atoms with Gasteiger partial charge >= 0.3 is 0 Å². The molecule has 40 heavy (non-hydrogen) atoms. The van der Waals surface area contributed by atoms with Crippen molar-refractivity contribution in [1.82, 2.24) is 0 Å². The number of benzene rings is 2. The van der Waals surface area contributed by atoms with E-state index in [1.54, 1.807) is 25.1 Å². The fourth-order valence-electron chi connectivity index (χ4n) is 5.78. The molecule has 4 rings (SSSR count). The van der Waals surface area contributed by atoms with Gasteiger partial charge in [-0.05, 0) is 54.5 Å². The lowest BCUT2D eigenvalue weighted by Crippen LogP contribution is -2.57. The minimum absolute atomic E-state index is 0.0615. The fourth-order valence-corrected chi connectivity index (χ4v) is 5.78. The Bertz CT molecular complexity index is 1160. The summed E-state index contributed by atoms with van der Waals surface area (Å²) < 4.78 is 33.5. The summed E-state index contributed by atoms with van der Waals surface area (Å²) in [7, 11) is 5.67. The van der Waals surface area contributed by atoms with Crippen LogP contribution in [0.1, 0.15) is 29.5 Å². The maximum atomic E-state index is 11.0. The minimum Gasteiger partial charge on any atom is -0.502 e. The Morgan fingerprint density at radius 1 is 0.825 bits per heavy atom. The molecule has 0 unspecified atom stereocenters. The molecular formula is C28H38O12. The average Bonchev–Trinajstić information content (AvgIpc) is 2.96. The van der Waals surface area contributed by atoms with E-state index in [9.17, 15) is 30.6 Å². The Balaban J connectivity index is 1.86. The fraction of sp³-hybridized carbons (Fsp3) is 0.571. The maximum Gasteiger partial charge on any atom is 0.201 e. The molecule has 2 aromatic rings. The van der Waals surface area contributed by atoms with E-state index in [2.05, 4.69) is 0 Å². The number of rotatable bonds is 9. The third-order valence-corrected chi connectivity index (χ3v) is 7.95. The number of phenols is 2. The number of methoxy groups -OCH3 is 4. The van der Waals surface area contributed by atoms with Gasteiger partial charge in [-0.2, -0.15) is 0 Å². The minimum atomic E-state index is -1.51. The van der Waals surface area contributed by atoms with Crippen molar-refractivity contribution in [3.63, 3.8) is 0 Å². The first-order chi connectivity index (χ1) is 19.1. The van der Waals surface area contributed by atoms with Gasteiger partial charge in [-0.15, -0.1) is 0 Å². The van der Waals surface area contributed by atoms with Crippen LogP contribution in [0.5, 0.6) is 34.5 Å². The van der Waals surface area contributed by atoms with Gasteiger partial charge in [0.25, 0.3) is 0 Å². The molecule has 2 aromatic carbocycles. The van der Waals surface area contributed by atoms with Gasteiger partial charge in [0.2, 0.25) is 11.5 Å². The molecule has 0 saturated carbocycles. The molecule has 222 valence electrons. The Labute approximate surface area is 232 Å². The molecule has 0 spiro atoms. The second kappa shape index (κ2) is 12.2. The van der Waals surface area contributed by atoms with Crippen LogP contribution in [0.2, 0.25) is 0 Å². The topological polar surface area (TPSA) is 177 Å². The number of aliphatic hydroxyl groups excluding tert-OH is 4. The van der Waals surface area contributed by atoms with E-state index in [-0.39, 0.29) is 53.6 Å². The van der Waals surface area contributed by atoms with Gasteiger partial charge in [0, 0.05) is 18.1 Å². The van der Waals surface area contributed by atoms with Crippen molar-refractivity contribution in [3.05, 3.63) is 34.9 Å². The Hall–Kier alpha value is -3.00. The predicted octanol–water partition coefficient (Wildman–Crippen LogP) is 0.889. The van der Waals surface area contributed by atoms with Gasteiger partial charge in [0.1, 0.15) is 18.3 Å². The van der Waals surface area contributed by atoms with Gasteiger partial charge < -0.3 is 59.1 Å². The van der Waals surface area contributed by atoms with Crippen molar-refractivity contribution in [1.29, 1.82) is 0 Å². The van der Waals surface area contributed by atoms with E-state index >= 15 is 0 Å². The normalized spacial score (nSPS) is 29.9. The lowest BCUT2D eigenvalue weighted by atomic mass is 9.66. The summed E-state index contributed by atoms with van der Waals surface area (Å²) in [5.41, 5.74) is 1.98. The monoisotopic (exact) mass is 566 g/mol. The maximum absolute atomic E-state index is 11.0. The highest BCUT2D eigenvalue weighted by Crippen LogP contribution is 2.54. The van der Waals surface area contributed by atoms with Crippen LogP contribution in [0, 0.1) is 11.8 Å². The zero-order valence-electron chi connectivity index (χ0n) is 23.1. The molecule has 0 aromatic heterocycles. The summed E-state index contributed by atoms with van der Waals surface area (Å²) >= 11 is 0. The Morgan fingerprint density at radius 2 is 1.43 bits per heavy atom. The largest absolute Gasteiger partial charge is 0.502 e. The second-order valence-electron chi connectivity index (χ2n) is 10.1. The van der Waals surface area contributed by atoms with E-state index in [4.69, 9.17) is 28.4 Å². The molecule has 0 bridgehead atoms. The molecule has 6 N–H and O–H groups in total. The van der Waals surface area contributed by atoms with Crippen molar-refractivity contribution < 1.29 is 59.1 Å².